The maximum Gasteiger partial charge on any atom is 0.329 e. The van der Waals surface area contributed by atoms with E-state index < -0.39 is 17.0 Å². The normalized spacial score (nSPS) is 32.8. The second-order valence-electron chi connectivity index (χ2n) is 6.86. The van der Waals surface area contributed by atoms with Crippen molar-refractivity contribution in [2.45, 2.75) is 75.8 Å². The van der Waals surface area contributed by atoms with E-state index in [4.69, 9.17) is 5.73 Å². The van der Waals surface area contributed by atoms with Gasteiger partial charge in [-0.3, -0.25) is 4.79 Å². The van der Waals surface area contributed by atoms with Crippen molar-refractivity contribution in [3.05, 3.63) is 0 Å². The molecule has 0 aromatic heterocycles. The number of amides is 1. The zero-order valence-corrected chi connectivity index (χ0v) is 12.3. The van der Waals surface area contributed by atoms with Crippen LogP contribution >= 0.6 is 0 Å². The Morgan fingerprint density at radius 3 is 2.25 bits per heavy atom. The minimum Gasteiger partial charge on any atom is -0.480 e. The molecule has 2 aliphatic carbocycles. The first kappa shape index (κ1) is 15.3. The van der Waals surface area contributed by atoms with Crippen LogP contribution in [0.5, 0.6) is 0 Å². The van der Waals surface area contributed by atoms with E-state index in [0.29, 0.717) is 18.8 Å². The highest BCUT2D eigenvalue weighted by atomic mass is 16.4. The van der Waals surface area contributed by atoms with Crippen LogP contribution in [0, 0.1) is 5.92 Å². The fourth-order valence-corrected chi connectivity index (χ4v) is 3.53. The van der Waals surface area contributed by atoms with Crippen molar-refractivity contribution in [3.63, 3.8) is 0 Å². The summed E-state index contributed by atoms with van der Waals surface area (Å²) in [5, 5.41) is 12.3. The van der Waals surface area contributed by atoms with Crippen LogP contribution in [0.15, 0.2) is 0 Å². The number of nitrogens with two attached hydrogens (primary N) is 1. The van der Waals surface area contributed by atoms with E-state index in [2.05, 4.69) is 12.2 Å². The Balaban J connectivity index is 1.98. The zero-order valence-electron chi connectivity index (χ0n) is 12.3. The van der Waals surface area contributed by atoms with Gasteiger partial charge >= 0.3 is 5.97 Å². The van der Waals surface area contributed by atoms with E-state index >= 15 is 0 Å². The standard InChI is InChI=1S/C15H26N2O3/c1-11-4-8-15(9-5-11,13(19)20)17-12(18)10-14(16)6-2-3-7-14/h11H,2-10,16H2,1H3,(H,17,18)(H,19,20). The zero-order chi connectivity index (χ0) is 14.8. The third-order valence-corrected chi connectivity index (χ3v) is 5.03. The molecule has 0 spiro atoms. The average molecular weight is 282 g/mol. The number of aliphatic carboxylic acids is 1. The van der Waals surface area contributed by atoms with Gasteiger partial charge in [0.25, 0.3) is 0 Å². The van der Waals surface area contributed by atoms with Gasteiger partial charge in [0.2, 0.25) is 5.91 Å². The molecule has 5 nitrogen and oxygen atoms in total. The van der Waals surface area contributed by atoms with E-state index in [1.165, 1.54) is 0 Å². The van der Waals surface area contributed by atoms with E-state index in [9.17, 15) is 14.7 Å². The highest BCUT2D eigenvalue weighted by Crippen LogP contribution is 2.34. The molecule has 5 heteroatoms. The lowest BCUT2D eigenvalue weighted by atomic mass is 9.77. The van der Waals surface area contributed by atoms with E-state index in [1.54, 1.807) is 0 Å². The smallest absolute Gasteiger partial charge is 0.329 e. The number of carbonyl (C=O) groups excluding carboxylic acids is 1. The maximum atomic E-state index is 12.2. The maximum absolute atomic E-state index is 12.2. The summed E-state index contributed by atoms with van der Waals surface area (Å²) < 4.78 is 0. The highest BCUT2D eigenvalue weighted by Gasteiger charge is 2.43. The number of carbonyl (C=O) groups is 2. The van der Waals surface area contributed by atoms with Crippen molar-refractivity contribution < 1.29 is 14.7 Å². The minimum absolute atomic E-state index is 0.202. The number of nitrogens with one attached hydrogen (secondary N) is 1. The highest BCUT2D eigenvalue weighted by molar-refractivity contribution is 5.87. The van der Waals surface area contributed by atoms with Gasteiger partial charge in [-0.15, -0.1) is 0 Å². The second-order valence-corrected chi connectivity index (χ2v) is 6.86. The van der Waals surface area contributed by atoms with Gasteiger partial charge in [0.15, 0.2) is 0 Å². The molecule has 0 radical (unpaired) electrons. The monoisotopic (exact) mass is 282 g/mol. The first-order valence-electron chi connectivity index (χ1n) is 7.69. The van der Waals surface area contributed by atoms with Crippen LogP contribution in [-0.4, -0.2) is 28.1 Å². The fraction of sp³-hybridized carbons (Fsp3) is 0.867. The number of rotatable bonds is 4. The summed E-state index contributed by atoms with van der Waals surface area (Å²) in [6.45, 7) is 2.13. The predicted octanol–water partition coefficient (Wildman–Crippen LogP) is 1.80. The Morgan fingerprint density at radius 1 is 1.20 bits per heavy atom. The van der Waals surface area contributed by atoms with Gasteiger partial charge in [-0.05, 0) is 44.4 Å². The van der Waals surface area contributed by atoms with Gasteiger partial charge in [-0.1, -0.05) is 19.8 Å². The average Bonchev–Trinajstić information content (AvgIpc) is 2.78. The van der Waals surface area contributed by atoms with Gasteiger partial charge in [-0.2, -0.15) is 0 Å². The lowest BCUT2D eigenvalue weighted by molar-refractivity contribution is -0.149. The Kier molecular flexibility index (Phi) is 4.37. The third kappa shape index (κ3) is 3.32. The van der Waals surface area contributed by atoms with Gasteiger partial charge in [-0.25, -0.2) is 4.79 Å². The Labute approximate surface area is 120 Å². The van der Waals surface area contributed by atoms with Crippen LogP contribution in [0.1, 0.15) is 64.7 Å². The van der Waals surface area contributed by atoms with Crippen LogP contribution in [0.25, 0.3) is 0 Å². The van der Waals surface area contributed by atoms with Crippen molar-refractivity contribution in [2.75, 3.05) is 0 Å². The first-order valence-corrected chi connectivity index (χ1v) is 7.69. The molecule has 20 heavy (non-hydrogen) atoms. The van der Waals surface area contributed by atoms with Crippen LogP contribution in [-0.2, 0) is 9.59 Å². The molecule has 2 saturated carbocycles. The molecule has 0 aromatic carbocycles. The number of carboxylic acids is 1. The Bertz CT molecular complexity index is 381. The van der Waals surface area contributed by atoms with Crippen LogP contribution < -0.4 is 11.1 Å². The van der Waals surface area contributed by atoms with Crippen molar-refractivity contribution in [1.29, 1.82) is 0 Å². The molecule has 4 N–H and O–H groups in total. The molecule has 114 valence electrons. The van der Waals surface area contributed by atoms with E-state index in [0.717, 1.165) is 38.5 Å². The van der Waals surface area contributed by atoms with Gasteiger partial charge in [0.1, 0.15) is 5.54 Å². The van der Waals surface area contributed by atoms with E-state index in [-0.39, 0.29) is 12.3 Å². The van der Waals surface area contributed by atoms with Crippen molar-refractivity contribution >= 4 is 11.9 Å². The van der Waals surface area contributed by atoms with E-state index in [1.807, 2.05) is 0 Å². The van der Waals surface area contributed by atoms with Gasteiger partial charge in [0.05, 0.1) is 0 Å². The molecular formula is C15H26N2O3. The molecule has 2 fully saturated rings. The predicted molar refractivity (Wildman–Crippen MR) is 76.1 cm³/mol. The quantitative estimate of drug-likeness (QED) is 0.733. The first-order chi connectivity index (χ1) is 9.35. The molecule has 0 heterocycles. The second kappa shape index (κ2) is 5.72. The summed E-state index contributed by atoms with van der Waals surface area (Å²) in [5.74, 6) is -0.573. The lowest BCUT2D eigenvalue weighted by Gasteiger charge is -2.37. The molecule has 2 rings (SSSR count). The lowest BCUT2D eigenvalue weighted by Crippen LogP contribution is -2.57. The molecule has 0 unspecified atom stereocenters. The molecular weight excluding hydrogens is 256 g/mol. The fourth-order valence-electron chi connectivity index (χ4n) is 3.53. The van der Waals surface area contributed by atoms with Crippen LogP contribution in [0.2, 0.25) is 0 Å². The topological polar surface area (TPSA) is 92.4 Å². The van der Waals surface area contributed by atoms with Crippen molar-refractivity contribution in [3.8, 4) is 0 Å². The largest absolute Gasteiger partial charge is 0.480 e. The summed E-state index contributed by atoms with van der Waals surface area (Å²) >= 11 is 0. The van der Waals surface area contributed by atoms with Crippen LogP contribution in [0.3, 0.4) is 0 Å². The Hall–Kier alpha value is -1.10. The molecule has 0 bridgehead atoms. The molecule has 0 aliphatic heterocycles. The van der Waals surface area contributed by atoms with Gasteiger partial charge < -0.3 is 16.2 Å². The summed E-state index contributed by atoms with van der Waals surface area (Å²) in [6.07, 6.45) is 6.82. The minimum atomic E-state index is -1.07. The third-order valence-electron chi connectivity index (χ3n) is 5.03. The number of carboxylic acid groups (broad SMARTS) is 1. The summed E-state index contributed by atoms with van der Waals surface area (Å²) in [6, 6.07) is 0. The number of hydrogen-bond donors (Lipinski definition) is 3. The SMILES string of the molecule is CC1CCC(NC(=O)CC2(N)CCCC2)(C(=O)O)CC1. The van der Waals surface area contributed by atoms with Crippen molar-refractivity contribution in [1.82, 2.24) is 5.32 Å². The van der Waals surface area contributed by atoms with Gasteiger partial charge in [0, 0.05) is 12.0 Å². The molecule has 1 amide bonds. The van der Waals surface area contributed by atoms with Crippen LogP contribution in [0.4, 0.5) is 0 Å². The summed E-state index contributed by atoms with van der Waals surface area (Å²) in [5.41, 5.74) is 4.70. The summed E-state index contributed by atoms with van der Waals surface area (Å²) in [7, 11) is 0. The number of hydrogen-bond acceptors (Lipinski definition) is 3. The molecule has 0 saturated heterocycles. The Morgan fingerprint density at radius 2 is 1.75 bits per heavy atom. The molecule has 0 aromatic rings. The molecule has 0 atom stereocenters. The molecule has 2 aliphatic rings. The summed E-state index contributed by atoms with van der Waals surface area (Å²) in [4.78, 5) is 23.8. The van der Waals surface area contributed by atoms with Crippen molar-refractivity contribution in [2.24, 2.45) is 11.7 Å².